The second-order valence-corrected chi connectivity index (χ2v) is 8.64. The van der Waals surface area contributed by atoms with Gasteiger partial charge in [0.25, 0.3) is 5.91 Å². The number of carbonyl (C=O) groups is 1. The molecule has 34 heavy (non-hydrogen) atoms. The van der Waals surface area contributed by atoms with Gasteiger partial charge in [-0.25, -0.2) is 4.98 Å². The maximum Gasteiger partial charge on any atom is 0.262 e. The third-order valence-electron chi connectivity index (χ3n) is 6.34. The summed E-state index contributed by atoms with van der Waals surface area (Å²) in [6, 6.07) is 21.2. The fourth-order valence-corrected chi connectivity index (χ4v) is 4.54. The minimum Gasteiger partial charge on any atom is -0.495 e. The number of ether oxygens (including phenoxy) is 2. The van der Waals surface area contributed by atoms with Crippen LogP contribution in [-0.2, 0) is 4.79 Å². The van der Waals surface area contributed by atoms with Gasteiger partial charge in [-0.2, -0.15) is 0 Å². The molecule has 0 unspecified atom stereocenters. The van der Waals surface area contributed by atoms with Crippen molar-refractivity contribution in [2.24, 2.45) is 0 Å². The van der Waals surface area contributed by atoms with Gasteiger partial charge in [0.2, 0.25) is 5.89 Å². The summed E-state index contributed by atoms with van der Waals surface area (Å²) < 4.78 is 17.0. The number of hydrogen-bond donors (Lipinski definition) is 1. The van der Waals surface area contributed by atoms with Gasteiger partial charge in [0, 0.05) is 5.56 Å². The van der Waals surface area contributed by atoms with E-state index in [2.05, 4.69) is 22.4 Å². The van der Waals surface area contributed by atoms with Gasteiger partial charge in [0.05, 0.1) is 12.8 Å². The highest BCUT2D eigenvalue weighted by molar-refractivity contribution is 5.94. The number of methoxy groups -OCH3 is 1. The SMILES string of the molecule is COc1ccc(-c2nc3ccccc3o2)cc1NC(=O)COc1ccc(C2CCCCC2)cc1. The predicted molar refractivity (Wildman–Crippen MR) is 132 cm³/mol. The molecular weight excluding hydrogens is 428 g/mol. The normalized spacial score (nSPS) is 14.1. The number of nitrogens with zero attached hydrogens (tertiary/aromatic N) is 1. The summed E-state index contributed by atoms with van der Waals surface area (Å²) in [6.45, 7) is -0.0982. The highest BCUT2D eigenvalue weighted by Gasteiger charge is 2.16. The molecule has 1 fully saturated rings. The highest BCUT2D eigenvalue weighted by Crippen LogP contribution is 2.34. The van der Waals surface area contributed by atoms with Gasteiger partial charge < -0.3 is 19.2 Å². The summed E-state index contributed by atoms with van der Waals surface area (Å²) in [5.74, 6) is 2.08. The Morgan fingerprint density at radius 1 is 1.03 bits per heavy atom. The largest absolute Gasteiger partial charge is 0.495 e. The Hall–Kier alpha value is -3.80. The molecule has 0 saturated heterocycles. The van der Waals surface area contributed by atoms with Crippen molar-refractivity contribution in [1.29, 1.82) is 0 Å². The van der Waals surface area contributed by atoms with Crippen LogP contribution < -0.4 is 14.8 Å². The number of hydrogen-bond acceptors (Lipinski definition) is 5. The number of para-hydroxylation sites is 2. The average molecular weight is 457 g/mol. The Balaban J connectivity index is 1.24. The Kier molecular flexibility index (Phi) is 6.47. The van der Waals surface area contributed by atoms with Crippen LogP contribution >= 0.6 is 0 Å². The number of carbonyl (C=O) groups excluding carboxylic acids is 1. The number of oxazole rings is 1. The molecule has 1 aliphatic rings. The van der Waals surface area contributed by atoms with Crippen LogP contribution in [-0.4, -0.2) is 24.6 Å². The summed E-state index contributed by atoms with van der Waals surface area (Å²) in [7, 11) is 1.56. The van der Waals surface area contributed by atoms with Gasteiger partial charge in [-0.15, -0.1) is 0 Å². The first-order chi connectivity index (χ1) is 16.7. The maximum absolute atomic E-state index is 12.6. The quantitative estimate of drug-likeness (QED) is 0.340. The number of anilines is 1. The maximum atomic E-state index is 12.6. The summed E-state index contributed by atoms with van der Waals surface area (Å²) in [6.07, 6.45) is 6.47. The number of nitrogens with one attached hydrogen (secondary N) is 1. The lowest BCUT2D eigenvalue weighted by atomic mass is 9.84. The topological polar surface area (TPSA) is 73.6 Å². The first-order valence-electron chi connectivity index (χ1n) is 11.8. The molecule has 0 spiro atoms. The van der Waals surface area contributed by atoms with Gasteiger partial charge in [-0.1, -0.05) is 43.5 Å². The summed E-state index contributed by atoms with van der Waals surface area (Å²) in [5, 5.41) is 2.88. The molecule has 1 aromatic heterocycles. The summed E-state index contributed by atoms with van der Waals surface area (Å²) in [5.41, 5.74) is 4.12. The number of fused-ring (bicyclic) bond motifs is 1. The van der Waals surface area contributed by atoms with E-state index >= 15 is 0 Å². The number of amides is 1. The summed E-state index contributed by atoms with van der Waals surface area (Å²) in [4.78, 5) is 17.2. The third-order valence-corrected chi connectivity index (χ3v) is 6.34. The van der Waals surface area contributed by atoms with Crippen LogP contribution in [0.1, 0.15) is 43.6 Å². The molecule has 1 heterocycles. The van der Waals surface area contributed by atoms with Crippen molar-refractivity contribution in [2.75, 3.05) is 19.0 Å². The van der Waals surface area contributed by atoms with E-state index in [0.29, 0.717) is 34.6 Å². The lowest BCUT2D eigenvalue weighted by Crippen LogP contribution is -2.20. The molecule has 4 aromatic rings. The van der Waals surface area contributed by atoms with Crippen LogP contribution in [0.25, 0.3) is 22.6 Å². The standard InChI is InChI=1S/C28H28N2O4/c1-32-25-16-13-21(28-30-23-9-5-6-10-26(23)34-28)17-24(25)29-27(31)18-33-22-14-11-20(12-15-22)19-7-3-2-4-8-19/h5-6,9-17,19H,2-4,7-8,18H2,1H3,(H,29,31). The molecule has 0 atom stereocenters. The second-order valence-electron chi connectivity index (χ2n) is 8.64. The Labute approximate surface area is 198 Å². The highest BCUT2D eigenvalue weighted by atomic mass is 16.5. The number of benzene rings is 3. The van der Waals surface area contributed by atoms with Crippen molar-refractivity contribution in [3.8, 4) is 23.0 Å². The Morgan fingerprint density at radius 2 is 1.82 bits per heavy atom. The van der Waals surface area contributed by atoms with Gasteiger partial charge in [-0.05, 0) is 66.8 Å². The fraction of sp³-hybridized carbons (Fsp3) is 0.286. The van der Waals surface area contributed by atoms with Crippen LogP contribution in [0.2, 0.25) is 0 Å². The zero-order valence-electron chi connectivity index (χ0n) is 19.3. The second kappa shape index (κ2) is 10.00. The van der Waals surface area contributed by atoms with Gasteiger partial charge in [0.15, 0.2) is 12.2 Å². The zero-order valence-corrected chi connectivity index (χ0v) is 19.3. The van der Waals surface area contributed by atoms with E-state index < -0.39 is 0 Å². The molecule has 174 valence electrons. The van der Waals surface area contributed by atoms with Crippen molar-refractivity contribution in [3.05, 3.63) is 72.3 Å². The molecular formula is C28H28N2O4. The molecule has 1 N–H and O–H groups in total. The van der Waals surface area contributed by atoms with E-state index in [9.17, 15) is 4.79 Å². The molecule has 0 radical (unpaired) electrons. The van der Waals surface area contributed by atoms with Crippen molar-refractivity contribution >= 4 is 22.7 Å². The zero-order chi connectivity index (χ0) is 23.3. The van der Waals surface area contributed by atoms with Crippen molar-refractivity contribution in [1.82, 2.24) is 4.98 Å². The molecule has 1 aliphatic carbocycles. The molecule has 6 nitrogen and oxygen atoms in total. The minimum atomic E-state index is -0.274. The number of aromatic nitrogens is 1. The van der Waals surface area contributed by atoms with E-state index in [1.54, 1.807) is 19.2 Å². The lowest BCUT2D eigenvalue weighted by Gasteiger charge is -2.22. The Bertz CT molecular complexity index is 1240. The fourth-order valence-electron chi connectivity index (χ4n) is 4.54. The van der Waals surface area contributed by atoms with Crippen molar-refractivity contribution in [2.45, 2.75) is 38.0 Å². The lowest BCUT2D eigenvalue weighted by molar-refractivity contribution is -0.118. The Morgan fingerprint density at radius 3 is 2.59 bits per heavy atom. The van der Waals surface area contributed by atoms with Crippen LogP contribution in [0.15, 0.2) is 71.1 Å². The third kappa shape index (κ3) is 4.91. The van der Waals surface area contributed by atoms with Crippen molar-refractivity contribution < 1.29 is 18.7 Å². The molecule has 5 rings (SSSR count). The van der Waals surface area contributed by atoms with Gasteiger partial charge in [-0.3, -0.25) is 4.79 Å². The molecule has 1 saturated carbocycles. The molecule has 1 amide bonds. The van der Waals surface area contributed by atoms with Crippen LogP contribution in [0.5, 0.6) is 11.5 Å². The van der Waals surface area contributed by atoms with Crippen LogP contribution in [0, 0.1) is 0 Å². The van der Waals surface area contributed by atoms with E-state index in [1.165, 1.54) is 37.7 Å². The number of rotatable bonds is 7. The molecule has 0 aliphatic heterocycles. The van der Waals surface area contributed by atoms with E-state index in [-0.39, 0.29) is 12.5 Å². The van der Waals surface area contributed by atoms with Crippen LogP contribution in [0.4, 0.5) is 5.69 Å². The smallest absolute Gasteiger partial charge is 0.262 e. The van der Waals surface area contributed by atoms with Gasteiger partial charge in [0.1, 0.15) is 17.0 Å². The predicted octanol–water partition coefficient (Wildman–Crippen LogP) is 6.57. The molecule has 0 bridgehead atoms. The average Bonchev–Trinajstić information content (AvgIpc) is 3.33. The van der Waals surface area contributed by atoms with E-state index in [1.807, 2.05) is 42.5 Å². The molecule has 3 aromatic carbocycles. The van der Waals surface area contributed by atoms with Gasteiger partial charge >= 0.3 is 0 Å². The van der Waals surface area contributed by atoms with E-state index in [4.69, 9.17) is 13.9 Å². The van der Waals surface area contributed by atoms with Crippen LogP contribution in [0.3, 0.4) is 0 Å². The first-order valence-corrected chi connectivity index (χ1v) is 11.8. The monoisotopic (exact) mass is 456 g/mol. The minimum absolute atomic E-state index is 0.0982. The van der Waals surface area contributed by atoms with Crippen molar-refractivity contribution in [3.63, 3.8) is 0 Å². The first kappa shape index (κ1) is 22.0. The molecule has 6 heteroatoms. The summed E-state index contributed by atoms with van der Waals surface area (Å²) >= 11 is 0. The van der Waals surface area contributed by atoms with E-state index in [0.717, 1.165) is 11.1 Å².